The Morgan fingerprint density at radius 3 is 2.68 bits per heavy atom. The van der Waals surface area contributed by atoms with Crippen LogP contribution in [0.3, 0.4) is 0 Å². The summed E-state index contributed by atoms with van der Waals surface area (Å²) in [5, 5.41) is 4.06. The monoisotopic (exact) mass is 360 g/mol. The molecule has 0 saturated carbocycles. The average molecular weight is 362 g/mol. The molecule has 0 spiro atoms. The third kappa shape index (κ3) is 3.75. The van der Waals surface area contributed by atoms with Crippen molar-refractivity contribution >= 4 is 44.9 Å². The van der Waals surface area contributed by atoms with Crippen molar-refractivity contribution in [2.75, 3.05) is 12.4 Å². The maximum absolute atomic E-state index is 6.08. The summed E-state index contributed by atoms with van der Waals surface area (Å²) in [5.74, 6) is 1.33. The number of hydrogen-bond acceptors (Lipinski definition) is 3. The average Bonchev–Trinajstić information content (AvgIpc) is 2.41. The minimum absolute atomic E-state index is 0.254. The van der Waals surface area contributed by atoms with E-state index in [4.69, 9.17) is 27.9 Å². The summed E-state index contributed by atoms with van der Waals surface area (Å²) >= 11 is 15.5. The molecular weight excluding hydrogens is 351 g/mol. The van der Waals surface area contributed by atoms with Gasteiger partial charge in [0.05, 0.1) is 15.7 Å². The highest BCUT2D eigenvalue weighted by molar-refractivity contribution is 9.10. The van der Waals surface area contributed by atoms with Crippen molar-refractivity contribution in [3.8, 4) is 5.75 Å². The molecule has 0 aliphatic rings. The predicted octanol–water partition coefficient (Wildman–Crippen LogP) is 4.77. The van der Waals surface area contributed by atoms with Gasteiger partial charge in [0.25, 0.3) is 0 Å². The van der Waals surface area contributed by atoms with Gasteiger partial charge < -0.3 is 10.1 Å². The van der Waals surface area contributed by atoms with Gasteiger partial charge in [-0.15, -0.1) is 0 Å². The molecule has 0 unspecified atom stereocenters. The van der Waals surface area contributed by atoms with Crippen molar-refractivity contribution in [3.05, 3.63) is 50.5 Å². The first-order chi connectivity index (χ1) is 9.10. The van der Waals surface area contributed by atoms with Crippen LogP contribution in [0.15, 0.2) is 34.8 Å². The standard InChI is InChI=1S/C13H11BrCl2N2O/c1-17-13-5-4-9(15)11(18-13)7-19-12-6-8(14)2-3-10(12)16/h2-6H,7H2,1H3,(H,17,18). The maximum Gasteiger partial charge on any atom is 0.139 e. The lowest BCUT2D eigenvalue weighted by Crippen LogP contribution is -2.02. The van der Waals surface area contributed by atoms with Crippen molar-refractivity contribution in [2.24, 2.45) is 0 Å². The number of nitrogens with one attached hydrogen (secondary N) is 1. The summed E-state index contributed by atoms with van der Waals surface area (Å²) in [6.07, 6.45) is 0. The molecule has 0 aliphatic heterocycles. The van der Waals surface area contributed by atoms with E-state index in [-0.39, 0.29) is 6.61 Å². The van der Waals surface area contributed by atoms with Crippen molar-refractivity contribution in [1.29, 1.82) is 0 Å². The maximum atomic E-state index is 6.08. The zero-order chi connectivity index (χ0) is 13.8. The molecule has 2 rings (SSSR count). The molecule has 1 N–H and O–H groups in total. The van der Waals surface area contributed by atoms with E-state index in [1.165, 1.54) is 0 Å². The van der Waals surface area contributed by atoms with E-state index in [1.807, 2.05) is 6.07 Å². The van der Waals surface area contributed by atoms with E-state index >= 15 is 0 Å². The highest BCUT2D eigenvalue weighted by Gasteiger charge is 2.07. The smallest absolute Gasteiger partial charge is 0.139 e. The van der Waals surface area contributed by atoms with Crippen LogP contribution in [0.5, 0.6) is 5.75 Å². The Balaban J connectivity index is 2.16. The normalized spacial score (nSPS) is 10.3. The molecule has 1 heterocycles. The fraction of sp³-hybridized carbons (Fsp3) is 0.154. The molecule has 0 amide bonds. The molecule has 2 aromatic rings. The summed E-state index contributed by atoms with van der Waals surface area (Å²) in [4.78, 5) is 4.34. The van der Waals surface area contributed by atoms with E-state index < -0.39 is 0 Å². The molecule has 0 atom stereocenters. The molecule has 100 valence electrons. The second-order valence-electron chi connectivity index (χ2n) is 3.74. The lowest BCUT2D eigenvalue weighted by molar-refractivity contribution is 0.301. The fourth-order valence-electron chi connectivity index (χ4n) is 1.46. The van der Waals surface area contributed by atoms with Crippen LogP contribution < -0.4 is 10.1 Å². The van der Waals surface area contributed by atoms with Gasteiger partial charge in [-0.2, -0.15) is 0 Å². The van der Waals surface area contributed by atoms with Crippen molar-refractivity contribution in [1.82, 2.24) is 4.98 Å². The topological polar surface area (TPSA) is 34.1 Å². The lowest BCUT2D eigenvalue weighted by atomic mass is 10.3. The summed E-state index contributed by atoms with van der Waals surface area (Å²) in [7, 11) is 1.80. The number of ether oxygens (including phenoxy) is 1. The van der Waals surface area contributed by atoms with Gasteiger partial charge >= 0.3 is 0 Å². The van der Waals surface area contributed by atoms with Crippen molar-refractivity contribution in [3.63, 3.8) is 0 Å². The first-order valence-electron chi connectivity index (χ1n) is 5.51. The summed E-state index contributed by atoms with van der Waals surface area (Å²) < 4.78 is 6.55. The summed E-state index contributed by atoms with van der Waals surface area (Å²) in [6, 6.07) is 9.00. The SMILES string of the molecule is CNc1ccc(Cl)c(COc2cc(Br)ccc2Cl)n1. The largest absolute Gasteiger partial charge is 0.486 e. The number of pyridine rings is 1. The number of rotatable bonds is 4. The highest BCUT2D eigenvalue weighted by atomic mass is 79.9. The Morgan fingerprint density at radius 2 is 1.95 bits per heavy atom. The van der Waals surface area contributed by atoms with Crippen LogP contribution >= 0.6 is 39.1 Å². The second-order valence-corrected chi connectivity index (χ2v) is 5.47. The lowest BCUT2D eigenvalue weighted by Gasteiger charge is -2.10. The van der Waals surface area contributed by atoms with Crippen LogP contribution in [0.25, 0.3) is 0 Å². The number of anilines is 1. The third-order valence-corrected chi connectivity index (χ3v) is 3.58. The van der Waals surface area contributed by atoms with Gasteiger partial charge in [0.2, 0.25) is 0 Å². The Labute approximate surface area is 130 Å². The summed E-state index contributed by atoms with van der Waals surface area (Å²) in [6.45, 7) is 0.254. The minimum Gasteiger partial charge on any atom is -0.486 e. The molecule has 0 saturated heterocycles. The number of benzene rings is 1. The van der Waals surface area contributed by atoms with Crippen LogP contribution in [0.4, 0.5) is 5.82 Å². The zero-order valence-corrected chi connectivity index (χ0v) is 13.2. The van der Waals surface area contributed by atoms with Crippen molar-refractivity contribution in [2.45, 2.75) is 6.61 Å². The molecule has 0 fully saturated rings. The number of hydrogen-bond donors (Lipinski definition) is 1. The molecule has 0 aliphatic carbocycles. The number of halogens is 3. The first kappa shape index (κ1) is 14.4. The Morgan fingerprint density at radius 1 is 1.21 bits per heavy atom. The molecule has 3 nitrogen and oxygen atoms in total. The second kappa shape index (κ2) is 6.46. The van der Waals surface area contributed by atoms with Gasteiger partial charge in [-0.05, 0) is 30.3 Å². The van der Waals surface area contributed by atoms with Gasteiger partial charge in [0.1, 0.15) is 18.2 Å². The van der Waals surface area contributed by atoms with Gasteiger partial charge in [0.15, 0.2) is 0 Å². The predicted molar refractivity (Wildman–Crippen MR) is 82.3 cm³/mol. The van der Waals surface area contributed by atoms with Gasteiger partial charge in [-0.25, -0.2) is 4.98 Å². The minimum atomic E-state index is 0.254. The highest BCUT2D eigenvalue weighted by Crippen LogP contribution is 2.29. The number of nitrogens with zero attached hydrogens (tertiary/aromatic N) is 1. The van der Waals surface area contributed by atoms with Crippen LogP contribution in [-0.2, 0) is 6.61 Å². The first-order valence-corrected chi connectivity index (χ1v) is 7.06. The van der Waals surface area contributed by atoms with Crippen LogP contribution in [0, 0.1) is 0 Å². The van der Waals surface area contributed by atoms with Crippen LogP contribution in [0.2, 0.25) is 10.0 Å². The summed E-state index contributed by atoms with van der Waals surface area (Å²) in [5.41, 5.74) is 0.657. The molecular formula is C13H11BrCl2N2O. The third-order valence-electron chi connectivity index (χ3n) is 2.43. The van der Waals surface area contributed by atoms with Gasteiger partial charge in [-0.3, -0.25) is 0 Å². The van der Waals surface area contributed by atoms with E-state index in [2.05, 4.69) is 26.2 Å². The van der Waals surface area contributed by atoms with E-state index in [1.54, 1.807) is 31.3 Å². The van der Waals surface area contributed by atoms with Gasteiger partial charge in [-0.1, -0.05) is 39.1 Å². The quantitative estimate of drug-likeness (QED) is 0.851. The molecule has 6 heteroatoms. The van der Waals surface area contributed by atoms with E-state index in [0.717, 1.165) is 10.3 Å². The van der Waals surface area contributed by atoms with Crippen molar-refractivity contribution < 1.29 is 4.74 Å². The molecule has 1 aromatic carbocycles. The molecule has 0 radical (unpaired) electrons. The van der Waals surface area contributed by atoms with E-state index in [9.17, 15) is 0 Å². The van der Waals surface area contributed by atoms with Gasteiger partial charge in [0, 0.05) is 11.5 Å². The molecule has 0 bridgehead atoms. The van der Waals surface area contributed by atoms with Crippen LogP contribution in [0.1, 0.15) is 5.69 Å². The zero-order valence-electron chi connectivity index (χ0n) is 10.1. The Bertz CT molecular complexity index is 593. The Hall–Kier alpha value is -0.970. The molecule has 1 aromatic heterocycles. The van der Waals surface area contributed by atoms with E-state index in [0.29, 0.717) is 21.5 Å². The Kier molecular flexibility index (Phi) is 4.91. The molecule has 19 heavy (non-hydrogen) atoms. The van der Waals surface area contributed by atoms with Crippen LogP contribution in [-0.4, -0.2) is 12.0 Å². The fourth-order valence-corrected chi connectivity index (χ4v) is 2.13. The number of aromatic nitrogens is 1.